The monoisotopic (exact) mass is 1060 g/mol. The van der Waals surface area contributed by atoms with Crippen molar-refractivity contribution in [3.05, 3.63) is 321 Å². The van der Waals surface area contributed by atoms with E-state index in [1.165, 1.54) is 94.6 Å². The predicted molar refractivity (Wildman–Crippen MR) is 346 cm³/mol. The zero-order valence-electron chi connectivity index (χ0n) is 47.6. The fourth-order valence-electron chi connectivity index (χ4n) is 12.5. The Morgan fingerprint density at radius 1 is 0.605 bits per heavy atom. The molecule has 0 heterocycles. The molecule has 8 aromatic rings. The number of fused-ring (bicyclic) bond motifs is 11. The van der Waals surface area contributed by atoms with E-state index in [2.05, 4.69) is 225 Å². The Morgan fingerprint density at radius 2 is 1.25 bits per heavy atom. The molecule has 404 valence electrons. The van der Waals surface area contributed by atoms with E-state index < -0.39 is 5.41 Å². The first-order valence-electron chi connectivity index (χ1n) is 28.7. The molecule has 0 saturated carbocycles. The summed E-state index contributed by atoms with van der Waals surface area (Å²) >= 11 is 0. The number of aliphatic imine (C=N–C) groups is 1. The summed E-state index contributed by atoms with van der Waals surface area (Å²) in [5.74, 6) is 0. The Labute approximate surface area is 481 Å². The van der Waals surface area contributed by atoms with Crippen molar-refractivity contribution >= 4 is 28.7 Å². The zero-order chi connectivity index (χ0) is 56.5. The van der Waals surface area contributed by atoms with Gasteiger partial charge in [0.05, 0.1) is 17.8 Å². The second-order valence-electron chi connectivity index (χ2n) is 21.4. The first kappa shape index (κ1) is 55.4. The average molecular weight is 1060 g/mol. The fourth-order valence-corrected chi connectivity index (χ4v) is 12.5. The van der Waals surface area contributed by atoms with Gasteiger partial charge in [0.1, 0.15) is 0 Å². The van der Waals surface area contributed by atoms with Crippen molar-refractivity contribution in [2.24, 2.45) is 22.2 Å². The number of para-hydroxylation sites is 1. The van der Waals surface area contributed by atoms with Gasteiger partial charge >= 0.3 is 0 Å². The summed E-state index contributed by atoms with van der Waals surface area (Å²) < 4.78 is 0. The molecule has 13 rings (SSSR count). The van der Waals surface area contributed by atoms with Gasteiger partial charge in [-0.25, -0.2) is 0 Å². The smallest absolute Gasteiger partial charge is 0.0866 e. The van der Waals surface area contributed by atoms with Crippen LogP contribution >= 0.6 is 0 Å². The van der Waals surface area contributed by atoms with Crippen LogP contribution < -0.4 is 22.5 Å². The molecule has 5 aliphatic rings. The van der Waals surface area contributed by atoms with E-state index in [0.717, 1.165) is 59.5 Å². The van der Waals surface area contributed by atoms with Gasteiger partial charge in [-0.15, -0.1) is 0 Å². The lowest BCUT2D eigenvalue weighted by molar-refractivity contribution is 0.659. The Hall–Kier alpha value is -8.87. The van der Waals surface area contributed by atoms with Crippen LogP contribution in [0.1, 0.15) is 107 Å². The maximum absolute atomic E-state index is 6.45. The molecule has 7 N–H and O–H groups in total. The number of hydrogen-bond donors (Lipinski definition) is 4. The minimum atomic E-state index is -0.538. The predicted octanol–water partition coefficient (Wildman–Crippen LogP) is 16.9. The van der Waals surface area contributed by atoms with Crippen molar-refractivity contribution in [1.82, 2.24) is 0 Å². The number of nitrogens with one attached hydrogen (secondary N) is 1. The standard InChI is InChI=1S/C42H37N3.C25H23N.C7H9N.C2H6/c1-29-12-8-9-17-33-18-10-11-19-38(33)42(29)39-22-20-30(27-43)24-36(39)37-25-34(21-23-40(37)42)41(45-28-44)26-35(31-13-4-2-5-14-31)32-15-6-3-7-16-32;1-25(2)22-10-6-5-9-20(22)21-12-11-16(14-23(21)25)13-18-15-17-7-3-4-8-19(17)24(18)26;1-8-7-5-3-2-4-6-7;1-2/h2-6,8-15,17-26H,1,7,16,27-28,43-44H2;3-12,14H,13,15,26H2,1-2H3;2-6,8H,1H3;1-2H3/b12-8-,17-9-,35-26-,45-41+;;;. The van der Waals surface area contributed by atoms with E-state index in [1.54, 1.807) is 0 Å². The third-order valence-electron chi connectivity index (χ3n) is 16.5. The van der Waals surface area contributed by atoms with Gasteiger partial charge in [0, 0.05) is 41.5 Å². The van der Waals surface area contributed by atoms with Crippen LogP contribution in [0, 0.1) is 0 Å². The molecule has 0 fully saturated rings. The second-order valence-corrected chi connectivity index (χ2v) is 21.4. The Kier molecular flexibility index (Phi) is 16.9. The van der Waals surface area contributed by atoms with Crippen LogP contribution in [0.3, 0.4) is 0 Å². The lowest BCUT2D eigenvalue weighted by atomic mass is 9.65. The first-order valence-corrected chi connectivity index (χ1v) is 28.7. The summed E-state index contributed by atoms with van der Waals surface area (Å²) in [6.45, 7) is 14.0. The molecule has 0 aromatic heterocycles. The molecule has 5 nitrogen and oxygen atoms in total. The number of anilines is 1. The molecule has 1 atom stereocenters. The molecule has 81 heavy (non-hydrogen) atoms. The van der Waals surface area contributed by atoms with Crippen molar-refractivity contribution in [3.63, 3.8) is 0 Å². The van der Waals surface area contributed by atoms with Crippen LogP contribution in [0.5, 0.6) is 0 Å². The van der Waals surface area contributed by atoms with Gasteiger partial charge in [0.15, 0.2) is 0 Å². The summed E-state index contributed by atoms with van der Waals surface area (Å²) in [5, 5.41) is 3.03. The van der Waals surface area contributed by atoms with Gasteiger partial charge in [-0.2, -0.15) is 0 Å². The highest BCUT2D eigenvalue weighted by molar-refractivity contribution is 6.14. The highest BCUT2D eigenvalue weighted by atomic mass is 14.9. The van der Waals surface area contributed by atoms with Crippen molar-refractivity contribution in [1.29, 1.82) is 0 Å². The minimum absolute atomic E-state index is 0.0561. The molecule has 1 unspecified atom stereocenters. The fraction of sp³-hybridized carbons (Fsp3) is 0.171. The number of hydrogen-bond acceptors (Lipinski definition) is 5. The lowest BCUT2D eigenvalue weighted by Crippen LogP contribution is -2.30. The number of nitrogens with two attached hydrogens (primary N) is 3. The topological polar surface area (TPSA) is 102 Å². The molecule has 5 aliphatic carbocycles. The Balaban J connectivity index is 0.000000171. The molecule has 0 radical (unpaired) electrons. The van der Waals surface area contributed by atoms with Crippen molar-refractivity contribution in [3.8, 4) is 22.3 Å². The minimum Gasteiger partial charge on any atom is -0.398 e. The number of benzene rings is 8. The summed E-state index contributed by atoms with van der Waals surface area (Å²) in [4.78, 5) is 4.87. The van der Waals surface area contributed by atoms with E-state index >= 15 is 0 Å². The average Bonchev–Trinajstić information content (AvgIpc) is 4.29. The molecule has 0 saturated heterocycles. The maximum atomic E-state index is 6.45. The van der Waals surface area contributed by atoms with Crippen LogP contribution in [-0.4, -0.2) is 19.4 Å². The third kappa shape index (κ3) is 10.8. The molecule has 8 aromatic carbocycles. The Bertz CT molecular complexity index is 3840. The number of allylic oxidation sites excluding steroid dienone is 11. The van der Waals surface area contributed by atoms with E-state index in [4.69, 9.17) is 28.8 Å². The highest BCUT2D eigenvalue weighted by Crippen LogP contribution is 2.58. The van der Waals surface area contributed by atoms with E-state index in [9.17, 15) is 0 Å². The molecule has 0 aliphatic heterocycles. The summed E-state index contributed by atoms with van der Waals surface area (Å²) in [6, 6.07) is 67.0. The molecule has 5 heteroatoms. The lowest BCUT2D eigenvalue weighted by Gasteiger charge is -2.36. The molecular formula is C76H75N5. The Morgan fingerprint density at radius 3 is 1.95 bits per heavy atom. The first-order chi connectivity index (χ1) is 39.6. The molecule has 1 spiro atoms. The van der Waals surface area contributed by atoms with Gasteiger partial charge in [0.25, 0.3) is 0 Å². The van der Waals surface area contributed by atoms with Crippen LogP contribution in [-0.2, 0) is 30.2 Å². The van der Waals surface area contributed by atoms with Crippen molar-refractivity contribution < 1.29 is 0 Å². The summed E-state index contributed by atoms with van der Waals surface area (Å²) in [7, 11) is 1.91. The van der Waals surface area contributed by atoms with Crippen LogP contribution in [0.15, 0.2) is 259 Å². The summed E-state index contributed by atoms with van der Waals surface area (Å²) in [5.41, 5.74) is 46.2. The molecule has 0 bridgehead atoms. The zero-order valence-corrected chi connectivity index (χ0v) is 47.6. The largest absolute Gasteiger partial charge is 0.398 e. The second kappa shape index (κ2) is 24.7. The van der Waals surface area contributed by atoms with Gasteiger partial charge in [0.2, 0.25) is 0 Å². The van der Waals surface area contributed by atoms with Crippen LogP contribution in [0.25, 0.3) is 39.6 Å². The normalized spacial score (nSPS) is 17.4. The quantitative estimate of drug-likeness (QED) is 0.108. The van der Waals surface area contributed by atoms with Gasteiger partial charge in [-0.1, -0.05) is 241 Å². The van der Waals surface area contributed by atoms with E-state index in [1.807, 2.05) is 51.2 Å². The maximum Gasteiger partial charge on any atom is 0.0866 e. The molecule has 0 amide bonds. The van der Waals surface area contributed by atoms with Crippen molar-refractivity contribution in [2.45, 2.75) is 70.8 Å². The van der Waals surface area contributed by atoms with Gasteiger partial charge < -0.3 is 22.5 Å². The van der Waals surface area contributed by atoms with Crippen molar-refractivity contribution in [2.75, 3.05) is 19.0 Å². The van der Waals surface area contributed by atoms with E-state index in [0.29, 0.717) is 6.54 Å². The number of nitrogens with zero attached hydrogens (tertiary/aromatic N) is 1. The van der Waals surface area contributed by atoms with E-state index in [-0.39, 0.29) is 12.1 Å². The SMILES string of the molecule is C=C1/C=C\C=C/c2ccccc2C12c1ccc(CN)cc1-c1cc(C(/C=C(\C3=CC=CCC3)c3ccccc3)=N/CN)ccc12.CC.CC1(C)c2ccccc2-c2ccc(CC3=C(N)c4ccccc4C3)cc21.CNc1ccccc1. The van der Waals surface area contributed by atoms with Crippen LogP contribution in [0.4, 0.5) is 5.69 Å². The highest BCUT2D eigenvalue weighted by Gasteiger charge is 2.47. The van der Waals surface area contributed by atoms with Gasteiger partial charge in [-0.05, 0) is 156 Å². The summed E-state index contributed by atoms with van der Waals surface area (Å²) in [6.07, 6.45) is 21.3. The molecular weight excluding hydrogens is 983 g/mol. The van der Waals surface area contributed by atoms with Crippen LogP contribution in [0.2, 0.25) is 0 Å². The number of rotatable bonds is 9. The van der Waals surface area contributed by atoms with Gasteiger partial charge in [-0.3, -0.25) is 4.99 Å². The third-order valence-corrected chi connectivity index (χ3v) is 16.5.